The van der Waals surface area contributed by atoms with Gasteiger partial charge < -0.3 is 0 Å². The highest BCUT2D eigenvalue weighted by molar-refractivity contribution is 5.84. The number of rotatable bonds is 6. The van der Waals surface area contributed by atoms with Crippen LogP contribution in [0, 0.1) is 21.8 Å². The number of nitro groups is 1. The monoisotopic (exact) mass is 349 g/mol. The Hall–Kier alpha value is -3.30. The highest BCUT2D eigenvalue weighted by Gasteiger charge is 2.17. The van der Waals surface area contributed by atoms with Gasteiger partial charge in [-0.2, -0.15) is 5.10 Å². The lowest BCUT2D eigenvalue weighted by Crippen LogP contribution is -2.45. The van der Waals surface area contributed by atoms with Crippen LogP contribution in [0.4, 0.5) is 10.1 Å². The number of hydrogen-bond donors (Lipinski definition) is 2. The number of carbonyl (C=O) groups excluding carboxylic acids is 2. The maximum Gasteiger partial charge on any atom is 0.306 e. The van der Waals surface area contributed by atoms with Gasteiger partial charge in [0.05, 0.1) is 23.8 Å². The zero-order chi connectivity index (χ0) is 18.4. The van der Waals surface area contributed by atoms with Crippen LogP contribution in [0.15, 0.2) is 36.7 Å². The molecule has 10 heteroatoms. The van der Waals surface area contributed by atoms with Crippen molar-refractivity contribution in [3.8, 4) is 0 Å². The van der Waals surface area contributed by atoms with E-state index >= 15 is 0 Å². The summed E-state index contributed by atoms with van der Waals surface area (Å²) in [6.45, 7) is 1.71. The first-order valence-electron chi connectivity index (χ1n) is 7.35. The molecule has 1 heterocycles. The number of amides is 2. The molecule has 2 N–H and O–H groups in total. The fourth-order valence-electron chi connectivity index (χ4n) is 2.00. The van der Waals surface area contributed by atoms with E-state index in [1.54, 1.807) is 6.92 Å². The predicted molar refractivity (Wildman–Crippen MR) is 84.4 cm³/mol. The van der Waals surface area contributed by atoms with E-state index in [0.29, 0.717) is 5.56 Å². The fourth-order valence-corrected chi connectivity index (χ4v) is 2.00. The summed E-state index contributed by atoms with van der Waals surface area (Å²) in [7, 11) is 0. The molecule has 0 saturated heterocycles. The second-order valence-corrected chi connectivity index (χ2v) is 5.42. The Morgan fingerprint density at radius 2 is 2.00 bits per heavy atom. The van der Waals surface area contributed by atoms with Gasteiger partial charge in [-0.25, -0.2) is 4.39 Å². The average Bonchev–Trinajstić information content (AvgIpc) is 3.03. The number of aromatic nitrogens is 2. The molecule has 0 saturated carbocycles. The van der Waals surface area contributed by atoms with Crippen molar-refractivity contribution in [1.29, 1.82) is 0 Å². The molecule has 25 heavy (non-hydrogen) atoms. The molecule has 2 aromatic rings. The van der Waals surface area contributed by atoms with Crippen molar-refractivity contribution < 1.29 is 18.9 Å². The number of nitrogens with one attached hydrogen (secondary N) is 2. The molecule has 2 amide bonds. The van der Waals surface area contributed by atoms with Gasteiger partial charge in [-0.3, -0.25) is 35.2 Å². The van der Waals surface area contributed by atoms with E-state index < -0.39 is 28.5 Å². The van der Waals surface area contributed by atoms with Crippen LogP contribution in [0.25, 0.3) is 0 Å². The molecule has 1 aromatic heterocycles. The number of hydrazine groups is 1. The largest absolute Gasteiger partial charge is 0.306 e. The van der Waals surface area contributed by atoms with Gasteiger partial charge in [-0.05, 0) is 17.7 Å². The van der Waals surface area contributed by atoms with Gasteiger partial charge in [0.2, 0.25) is 11.8 Å². The summed E-state index contributed by atoms with van der Waals surface area (Å²) in [5.41, 5.74) is 4.98. The summed E-state index contributed by atoms with van der Waals surface area (Å²) in [4.78, 5) is 33.7. The van der Waals surface area contributed by atoms with Crippen LogP contribution < -0.4 is 10.9 Å². The second kappa shape index (κ2) is 7.99. The first kappa shape index (κ1) is 18.0. The molecule has 9 nitrogen and oxygen atoms in total. The molecular formula is C15H16FN5O4. The van der Waals surface area contributed by atoms with Crippen LogP contribution in [0.5, 0.6) is 0 Å². The van der Waals surface area contributed by atoms with Crippen LogP contribution in [-0.4, -0.2) is 26.5 Å². The molecule has 1 unspecified atom stereocenters. The smallest absolute Gasteiger partial charge is 0.273 e. The summed E-state index contributed by atoms with van der Waals surface area (Å²) in [5, 5.41) is 14.4. The Labute approximate surface area is 141 Å². The van der Waals surface area contributed by atoms with E-state index in [1.807, 2.05) is 0 Å². The van der Waals surface area contributed by atoms with E-state index in [1.165, 1.54) is 35.1 Å². The van der Waals surface area contributed by atoms with Gasteiger partial charge in [-0.15, -0.1) is 0 Å². The van der Waals surface area contributed by atoms with Crippen LogP contribution in [0.2, 0.25) is 0 Å². The van der Waals surface area contributed by atoms with Gasteiger partial charge in [0.15, 0.2) is 0 Å². The van der Waals surface area contributed by atoms with E-state index in [9.17, 15) is 24.1 Å². The molecule has 1 aromatic carbocycles. The average molecular weight is 349 g/mol. The van der Waals surface area contributed by atoms with Crippen LogP contribution in [-0.2, 0) is 22.6 Å². The number of hydrogen-bond acceptors (Lipinski definition) is 5. The first-order chi connectivity index (χ1) is 11.8. The maximum absolute atomic E-state index is 12.8. The predicted octanol–water partition coefficient (Wildman–Crippen LogP) is 0.957. The number of nitrogens with zero attached hydrogens (tertiary/aromatic N) is 3. The summed E-state index contributed by atoms with van der Waals surface area (Å²) < 4.78 is 14.1. The molecule has 2 rings (SSSR count). The number of benzene rings is 1. The maximum atomic E-state index is 12.8. The van der Waals surface area contributed by atoms with Crippen molar-refractivity contribution in [3.63, 3.8) is 0 Å². The molecule has 0 spiro atoms. The number of carbonyl (C=O) groups is 2. The lowest BCUT2D eigenvalue weighted by atomic mass is 10.1. The minimum absolute atomic E-state index is 0.0136. The lowest BCUT2D eigenvalue weighted by molar-refractivity contribution is -0.385. The van der Waals surface area contributed by atoms with Crippen molar-refractivity contribution in [2.75, 3.05) is 0 Å². The van der Waals surface area contributed by atoms with Crippen molar-refractivity contribution in [2.24, 2.45) is 5.92 Å². The lowest BCUT2D eigenvalue weighted by Gasteiger charge is -2.13. The normalized spacial score (nSPS) is 11.6. The Morgan fingerprint density at radius 1 is 1.32 bits per heavy atom. The quantitative estimate of drug-likeness (QED) is 0.594. The first-order valence-corrected chi connectivity index (χ1v) is 7.35. The van der Waals surface area contributed by atoms with E-state index in [0.717, 1.165) is 6.20 Å². The Bertz CT molecular complexity index is 774. The zero-order valence-corrected chi connectivity index (χ0v) is 13.3. The highest BCUT2D eigenvalue weighted by atomic mass is 19.1. The summed E-state index contributed by atoms with van der Waals surface area (Å²) in [6, 6.07) is 5.44. The van der Waals surface area contributed by atoms with Crippen molar-refractivity contribution in [1.82, 2.24) is 20.6 Å². The van der Waals surface area contributed by atoms with Crippen molar-refractivity contribution >= 4 is 17.5 Å². The zero-order valence-electron chi connectivity index (χ0n) is 13.3. The van der Waals surface area contributed by atoms with Gasteiger partial charge >= 0.3 is 5.69 Å². The number of halogens is 1. The summed E-state index contributed by atoms with van der Waals surface area (Å²) >= 11 is 0. The molecule has 0 bridgehead atoms. The van der Waals surface area contributed by atoms with E-state index in [4.69, 9.17) is 0 Å². The summed E-state index contributed by atoms with van der Waals surface area (Å²) in [6.07, 6.45) is 2.30. The molecule has 0 radical (unpaired) electrons. The minimum atomic E-state index is -0.579. The van der Waals surface area contributed by atoms with Gasteiger partial charge in [0.1, 0.15) is 18.2 Å². The van der Waals surface area contributed by atoms with Gasteiger partial charge in [-0.1, -0.05) is 19.1 Å². The topological polar surface area (TPSA) is 119 Å². The molecule has 0 fully saturated rings. The van der Waals surface area contributed by atoms with Crippen LogP contribution in [0.3, 0.4) is 0 Å². The second-order valence-electron chi connectivity index (χ2n) is 5.42. The Morgan fingerprint density at radius 3 is 2.60 bits per heavy atom. The third kappa shape index (κ3) is 5.37. The SMILES string of the molecule is CC(Cn1cc([N+](=O)[O-])cn1)C(=O)NNC(=O)Cc1ccc(F)cc1. The molecule has 132 valence electrons. The molecule has 0 aliphatic heterocycles. The van der Waals surface area contributed by atoms with E-state index in [-0.39, 0.29) is 18.7 Å². The van der Waals surface area contributed by atoms with Crippen molar-refractivity contribution in [3.05, 3.63) is 58.2 Å². The third-order valence-electron chi connectivity index (χ3n) is 3.34. The standard InChI is InChI=1S/C15H16FN5O4/c1-10(8-20-9-13(7-17-20)21(24)25)15(23)19-18-14(22)6-11-2-4-12(16)5-3-11/h2-5,7,9-10H,6,8H2,1H3,(H,18,22)(H,19,23). The highest BCUT2D eigenvalue weighted by Crippen LogP contribution is 2.09. The third-order valence-corrected chi connectivity index (χ3v) is 3.34. The molecular weight excluding hydrogens is 333 g/mol. The van der Waals surface area contributed by atoms with Gasteiger partial charge in [0.25, 0.3) is 0 Å². The van der Waals surface area contributed by atoms with E-state index in [2.05, 4.69) is 16.0 Å². The molecule has 0 aliphatic rings. The van der Waals surface area contributed by atoms with Crippen LogP contribution in [0.1, 0.15) is 12.5 Å². The molecule has 1 atom stereocenters. The Balaban J connectivity index is 1.79. The molecule has 0 aliphatic carbocycles. The van der Waals surface area contributed by atoms with Crippen LogP contribution >= 0.6 is 0 Å². The summed E-state index contributed by atoms with van der Waals surface area (Å²) in [5.74, 6) is -1.90. The fraction of sp³-hybridized carbons (Fsp3) is 0.267. The Kier molecular flexibility index (Phi) is 5.77. The van der Waals surface area contributed by atoms with Crippen molar-refractivity contribution in [2.45, 2.75) is 19.9 Å². The van der Waals surface area contributed by atoms with Gasteiger partial charge in [0, 0.05) is 0 Å². The minimum Gasteiger partial charge on any atom is -0.273 e.